The molecule has 0 unspecified atom stereocenters. The molecule has 27 heavy (non-hydrogen) atoms. The molecule has 8 heteroatoms. The monoisotopic (exact) mass is 389 g/mol. The van der Waals surface area contributed by atoms with Crippen LogP contribution >= 0.6 is 0 Å². The van der Waals surface area contributed by atoms with Gasteiger partial charge in [0.1, 0.15) is 0 Å². The molecule has 0 bridgehead atoms. The van der Waals surface area contributed by atoms with E-state index in [9.17, 15) is 18.0 Å². The number of aryl methyl sites for hydroxylation is 1. The number of sulfonamides is 1. The van der Waals surface area contributed by atoms with E-state index in [0.29, 0.717) is 17.8 Å². The lowest BCUT2D eigenvalue weighted by atomic mass is 10.2. The molecule has 0 aliphatic carbocycles. The third-order valence-corrected chi connectivity index (χ3v) is 5.05. The van der Waals surface area contributed by atoms with Crippen molar-refractivity contribution in [3.63, 3.8) is 0 Å². The summed E-state index contributed by atoms with van der Waals surface area (Å²) < 4.78 is 26.5. The Kier molecular flexibility index (Phi) is 6.95. The van der Waals surface area contributed by atoms with Gasteiger partial charge in [0.25, 0.3) is 15.9 Å². The summed E-state index contributed by atoms with van der Waals surface area (Å²) in [6.07, 6.45) is 1.85. The maximum absolute atomic E-state index is 12.3. The van der Waals surface area contributed by atoms with Crippen molar-refractivity contribution in [1.82, 2.24) is 10.0 Å². The largest absolute Gasteiger partial charge is 0.352 e. The first-order valence-corrected chi connectivity index (χ1v) is 10.1. The first kappa shape index (κ1) is 20.4. The van der Waals surface area contributed by atoms with Crippen molar-refractivity contribution in [2.45, 2.75) is 31.6 Å². The highest BCUT2D eigenvalue weighted by atomic mass is 32.2. The third kappa shape index (κ3) is 6.10. The van der Waals surface area contributed by atoms with Gasteiger partial charge in [-0.1, -0.05) is 31.5 Å². The van der Waals surface area contributed by atoms with Gasteiger partial charge in [0, 0.05) is 17.8 Å². The van der Waals surface area contributed by atoms with E-state index in [2.05, 4.69) is 10.6 Å². The Bertz CT molecular complexity index is 926. The lowest BCUT2D eigenvalue weighted by Crippen LogP contribution is -2.34. The third-order valence-electron chi connectivity index (χ3n) is 3.73. The molecule has 0 fully saturated rings. The summed E-state index contributed by atoms with van der Waals surface area (Å²) >= 11 is 0. The average Bonchev–Trinajstić information content (AvgIpc) is 2.61. The van der Waals surface area contributed by atoms with Gasteiger partial charge < -0.3 is 10.6 Å². The predicted molar refractivity (Wildman–Crippen MR) is 104 cm³/mol. The highest BCUT2D eigenvalue weighted by molar-refractivity contribution is 7.90. The van der Waals surface area contributed by atoms with E-state index in [1.165, 1.54) is 18.2 Å². The number of hydrogen-bond acceptors (Lipinski definition) is 4. The zero-order chi connectivity index (χ0) is 19.9. The summed E-state index contributed by atoms with van der Waals surface area (Å²) in [5.74, 6) is -0.250. The zero-order valence-electron chi connectivity index (χ0n) is 15.3. The lowest BCUT2D eigenvalue weighted by molar-refractivity contribution is 0.0953. The molecule has 0 spiro atoms. The van der Waals surface area contributed by atoms with Gasteiger partial charge in [-0.05, 0) is 49.2 Å². The van der Waals surface area contributed by atoms with Gasteiger partial charge in [-0.25, -0.2) is 17.9 Å². The van der Waals surface area contributed by atoms with E-state index in [1.807, 2.05) is 11.6 Å². The lowest BCUT2D eigenvalue weighted by Gasteiger charge is -2.10. The number of urea groups is 1. The number of unbranched alkanes of at least 4 members (excludes halogenated alkanes) is 1. The van der Waals surface area contributed by atoms with E-state index >= 15 is 0 Å². The number of anilines is 1. The number of carbonyl (C=O) groups is 2. The molecule has 3 N–H and O–H groups in total. The van der Waals surface area contributed by atoms with Crippen LogP contribution in [-0.2, 0) is 10.0 Å². The van der Waals surface area contributed by atoms with Crippen molar-refractivity contribution >= 4 is 27.6 Å². The molecule has 0 heterocycles. The van der Waals surface area contributed by atoms with Crippen molar-refractivity contribution in [1.29, 1.82) is 0 Å². The summed E-state index contributed by atoms with van der Waals surface area (Å²) in [7, 11) is -3.98. The fourth-order valence-corrected chi connectivity index (χ4v) is 3.35. The molecule has 0 atom stereocenters. The second-order valence-electron chi connectivity index (χ2n) is 6.07. The maximum atomic E-state index is 12.3. The minimum atomic E-state index is -3.98. The van der Waals surface area contributed by atoms with Gasteiger partial charge >= 0.3 is 6.03 Å². The van der Waals surface area contributed by atoms with Crippen LogP contribution in [0.25, 0.3) is 0 Å². The summed E-state index contributed by atoms with van der Waals surface area (Å²) in [5, 5.41) is 5.22. The van der Waals surface area contributed by atoms with E-state index in [-0.39, 0.29) is 10.8 Å². The first-order valence-electron chi connectivity index (χ1n) is 8.60. The summed E-state index contributed by atoms with van der Waals surface area (Å²) in [6, 6.07) is 11.6. The summed E-state index contributed by atoms with van der Waals surface area (Å²) in [6.45, 7) is 4.36. The summed E-state index contributed by atoms with van der Waals surface area (Å²) in [5.41, 5.74) is 1.46. The molecule has 2 rings (SSSR count). The van der Waals surface area contributed by atoms with E-state index < -0.39 is 16.1 Å². The fraction of sp³-hybridized carbons (Fsp3) is 0.263. The van der Waals surface area contributed by atoms with Gasteiger partial charge in [0.15, 0.2) is 0 Å². The Hall–Kier alpha value is -2.87. The number of nitrogens with one attached hydrogen (secondary N) is 3. The van der Waals surface area contributed by atoms with Crippen molar-refractivity contribution in [2.24, 2.45) is 0 Å². The molecule has 2 aromatic carbocycles. The molecule has 0 aliphatic rings. The van der Waals surface area contributed by atoms with Crippen LogP contribution in [0.1, 0.15) is 35.7 Å². The zero-order valence-corrected chi connectivity index (χ0v) is 16.1. The number of rotatable bonds is 7. The number of hydrogen-bond donors (Lipinski definition) is 3. The van der Waals surface area contributed by atoms with Crippen LogP contribution in [0, 0.1) is 6.92 Å². The van der Waals surface area contributed by atoms with Crippen LogP contribution < -0.4 is 15.4 Å². The Morgan fingerprint density at radius 1 is 1.04 bits per heavy atom. The van der Waals surface area contributed by atoms with E-state index in [1.54, 1.807) is 37.3 Å². The van der Waals surface area contributed by atoms with Crippen LogP contribution in [0.4, 0.5) is 10.5 Å². The quantitative estimate of drug-likeness (QED) is 0.633. The van der Waals surface area contributed by atoms with Crippen molar-refractivity contribution < 1.29 is 18.0 Å². The summed E-state index contributed by atoms with van der Waals surface area (Å²) in [4.78, 5) is 24.1. The molecule has 0 aliphatic heterocycles. The fourth-order valence-electron chi connectivity index (χ4n) is 2.34. The molecular formula is C19H23N3O4S. The van der Waals surface area contributed by atoms with Crippen LogP contribution in [0.2, 0.25) is 0 Å². The SMILES string of the molecule is CCCCNC(=O)c1cccc(NC(=O)NS(=O)(=O)c2cccc(C)c2)c1. The Labute approximate surface area is 159 Å². The number of benzene rings is 2. The van der Waals surface area contributed by atoms with Crippen LogP contribution in [0.3, 0.4) is 0 Å². The van der Waals surface area contributed by atoms with Crippen LogP contribution in [-0.4, -0.2) is 26.9 Å². The Morgan fingerprint density at radius 3 is 2.48 bits per heavy atom. The highest BCUT2D eigenvalue weighted by Crippen LogP contribution is 2.13. The molecule has 7 nitrogen and oxygen atoms in total. The highest BCUT2D eigenvalue weighted by Gasteiger charge is 2.18. The first-order chi connectivity index (χ1) is 12.8. The van der Waals surface area contributed by atoms with Crippen LogP contribution in [0.15, 0.2) is 53.4 Å². The average molecular weight is 389 g/mol. The molecule has 3 amide bonds. The molecule has 0 saturated carbocycles. The normalized spacial score (nSPS) is 10.9. The molecule has 144 valence electrons. The Balaban J connectivity index is 2.03. The second-order valence-corrected chi connectivity index (χ2v) is 7.75. The van der Waals surface area contributed by atoms with Gasteiger partial charge in [0.2, 0.25) is 0 Å². The van der Waals surface area contributed by atoms with Crippen molar-refractivity contribution in [3.8, 4) is 0 Å². The van der Waals surface area contributed by atoms with Crippen LogP contribution in [0.5, 0.6) is 0 Å². The number of amides is 3. The van der Waals surface area contributed by atoms with E-state index in [0.717, 1.165) is 18.4 Å². The predicted octanol–water partition coefficient (Wildman–Crippen LogP) is 3.04. The van der Waals surface area contributed by atoms with Gasteiger partial charge in [-0.2, -0.15) is 0 Å². The second kappa shape index (κ2) is 9.18. The smallest absolute Gasteiger partial charge is 0.333 e. The standard InChI is InChI=1S/C19H23N3O4S/c1-3-4-11-20-18(23)15-8-6-9-16(13-15)21-19(24)22-27(25,26)17-10-5-7-14(2)12-17/h5-10,12-13H,3-4,11H2,1-2H3,(H,20,23)(H2,21,22,24). The van der Waals surface area contributed by atoms with Gasteiger partial charge in [-0.15, -0.1) is 0 Å². The van der Waals surface area contributed by atoms with Gasteiger partial charge in [-0.3, -0.25) is 4.79 Å². The van der Waals surface area contributed by atoms with Crippen molar-refractivity contribution in [3.05, 3.63) is 59.7 Å². The molecule has 0 saturated heterocycles. The minimum Gasteiger partial charge on any atom is -0.352 e. The van der Waals surface area contributed by atoms with Gasteiger partial charge in [0.05, 0.1) is 4.90 Å². The Morgan fingerprint density at radius 2 is 1.78 bits per heavy atom. The van der Waals surface area contributed by atoms with E-state index in [4.69, 9.17) is 0 Å². The topological polar surface area (TPSA) is 104 Å². The molecule has 2 aromatic rings. The number of carbonyl (C=O) groups excluding carboxylic acids is 2. The van der Waals surface area contributed by atoms with Crippen molar-refractivity contribution in [2.75, 3.05) is 11.9 Å². The molecule has 0 aromatic heterocycles. The molecule has 0 radical (unpaired) electrons. The molecular weight excluding hydrogens is 366 g/mol. The maximum Gasteiger partial charge on any atom is 0.333 e. The minimum absolute atomic E-state index is 0.00158.